The molecule has 0 fully saturated rings. The van der Waals surface area contributed by atoms with Gasteiger partial charge >= 0.3 is 0 Å². The van der Waals surface area contributed by atoms with E-state index in [2.05, 4.69) is 26.1 Å². The number of hydrogen-bond acceptors (Lipinski definition) is 7. The van der Waals surface area contributed by atoms with Gasteiger partial charge in [0.15, 0.2) is 11.5 Å². The molecule has 3 aromatic rings. The Hall–Kier alpha value is -2.32. The number of benzene rings is 1. The van der Waals surface area contributed by atoms with Gasteiger partial charge in [-0.25, -0.2) is 9.97 Å². The minimum Gasteiger partial charge on any atom is -0.454 e. The molecule has 2 aromatic heterocycles. The molecule has 8 heteroatoms. The number of rotatable bonds is 7. The van der Waals surface area contributed by atoms with Gasteiger partial charge in [0.05, 0.1) is 5.75 Å². The van der Waals surface area contributed by atoms with E-state index in [1.165, 1.54) is 22.2 Å². The topological polar surface area (TPSA) is 73.3 Å². The lowest BCUT2D eigenvalue weighted by molar-refractivity contribution is -0.118. The van der Waals surface area contributed by atoms with Crippen molar-refractivity contribution in [2.45, 2.75) is 45.2 Å². The number of fused-ring (bicyclic) bond motifs is 2. The molecular weight excluding hydrogens is 406 g/mol. The molecular formula is C21H23N3O3S2. The monoisotopic (exact) mass is 429 g/mol. The highest BCUT2D eigenvalue weighted by molar-refractivity contribution is 8.00. The average molecular weight is 430 g/mol. The zero-order valence-corrected chi connectivity index (χ0v) is 18.3. The van der Waals surface area contributed by atoms with Crippen LogP contribution < -0.4 is 14.8 Å². The number of aryl methyl sites for hydroxylation is 3. The summed E-state index contributed by atoms with van der Waals surface area (Å²) in [6.45, 7) is 7.02. The number of nitrogens with one attached hydrogen (secondary N) is 1. The van der Waals surface area contributed by atoms with E-state index in [9.17, 15) is 4.79 Å². The highest BCUT2D eigenvalue weighted by Gasteiger charge is 2.17. The molecule has 1 amide bonds. The van der Waals surface area contributed by atoms with Crippen molar-refractivity contribution in [2.24, 2.45) is 0 Å². The van der Waals surface area contributed by atoms with E-state index >= 15 is 0 Å². The normalized spacial score (nSPS) is 12.5. The zero-order valence-electron chi connectivity index (χ0n) is 16.7. The number of hydrogen-bond donors (Lipinski definition) is 1. The number of amides is 1. The second-order valence-corrected chi connectivity index (χ2v) is 9.08. The first kappa shape index (κ1) is 20.0. The van der Waals surface area contributed by atoms with Crippen LogP contribution in [-0.4, -0.2) is 28.4 Å². The maximum Gasteiger partial charge on any atom is 0.231 e. The lowest BCUT2D eigenvalue weighted by atomic mass is 10.2. The van der Waals surface area contributed by atoms with Gasteiger partial charge in [-0.2, -0.15) is 0 Å². The third-order valence-corrected chi connectivity index (χ3v) is 6.86. The maximum atomic E-state index is 12.4. The third kappa shape index (κ3) is 4.33. The average Bonchev–Trinajstić information content (AvgIpc) is 3.28. The first-order valence-corrected chi connectivity index (χ1v) is 11.4. The number of thioether (sulfide) groups is 1. The minimum atomic E-state index is -0.0268. The molecule has 6 nitrogen and oxygen atoms in total. The van der Waals surface area contributed by atoms with E-state index in [1.54, 1.807) is 11.3 Å². The summed E-state index contributed by atoms with van der Waals surface area (Å²) in [6.07, 6.45) is 1.84. The standard InChI is InChI=1S/C21H23N3O3S2/c1-4-5-17-23-20(19-12(2)13(3)29-21(19)24-17)28-10-18(25)22-9-14-6-7-15-16(8-14)27-11-26-15/h6-8H,4-5,9-11H2,1-3H3,(H,22,25). The van der Waals surface area contributed by atoms with Crippen molar-refractivity contribution in [3.8, 4) is 11.5 Å². The fourth-order valence-corrected chi connectivity index (χ4v) is 5.18. The Morgan fingerprint density at radius 3 is 2.90 bits per heavy atom. The van der Waals surface area contributed by atoms with E-state index in [0.717, 1.165) is 51.0 Å². The van der Waals surface area contributed by atoms with Crippen molar-refractivity contribution in [1.29, 1.82) is 0 Å². The molecule has 0 aliphatic carbocycles. The van der Waals surface area contributed by atoms with Crippen LogP contribution in [0, 0.1) is 13.8 Å². The summed E-state index contributed by atoms with van der Waals surface area (Å²) in [4.78, 5) is 24.1. The van der Waals surface area contributed by atoms with Crippen LogP contribution in [0.4, 0.5) is 0 Å². The van der Waals surface area contributed by atoms with Crippen LogP contribution in [-0.2, 0) is 17.8 Å². The molecule has 1 aromatic carbocycles. The fourth-order valence-electron chi connectivity index (χ4n) is 3.13. The van der Waals surface area contributed by atoms with Gasteiger partial charge in [-0.1, -0.05) is 24.8 Å². The summed E-state index contributed by atoms with van der Waals surface area (Å²) < 4.78 is 10.7. The molecule has 4 rings (SSSR count). The number of aromatic nitrogens is 2. The first-order chi connectivity index (χ1) is 14.0. The van der Waals surface area contributed by atoms with Crippen LogP contribution in [0.5, 0.6) is 11.5 Å². The molecule has 0 unspecified atom stereocenters. The van der Waals surface area contributed by atoms with E-state index in [4.69, 9.17) is 19.4 Å². The molecule has 0 saturated heterocycles. The van der Waals surface area contributed by atoms with Gasteiger partial charge < -0.3 is 14.8 Å². The Morgan fingerprint density at radius 1 is 1.24 bits per heavy atom. The zero-order chi connectivity index (χ0) is 20.4. The number of nitrogens with zero attached hydrogens (tertiary/aromatic N) is 2. The maximum absolute atomic E-state index is 12.4. The van der Waals surface area contributed by atoms with Crippen LogP contribution in [0.2, 0.25) is 0 Å². The molecule has 0 atom stereocenters. The van der Waals surface area contributed by atoms with E-state index < -0.39 is 0 Å². The Labute approximate surface area is 178 Å². The third-order valence-electron chi connectivity index (χ3n) is 4.78. The Balaban J connectivity index is 1.42. The summed E-state index contributed by atoms with van der Waals surface area (Å²) in [6, 6.07) is 5.70. The number of ether oxygens (including phenoxy) is 2. The van der Waals surface area contributed by atoms with E-state index in [-0.39, 0.29) is 12.7 Å². The molecule has 3 heterocycles. The molecule has 0 saturated carbocycles. The van der Waals surface area contributed by atoms with Crippen molar-refractivity contribution in [1.82, 2.24) is 15.3 Å². The lowest BCUT2D eigenvalue weighted by Crippen LogP contribution is -2.24. The second kappa shape index (κ2) is 8.59. The van der Waals surface area contributed by atoms with Crippen LogP contribution in [0.25, 0.3) is 10.2 Å². The van der Waals surface area contributed by atoms with Crippen molar-refractivity contribution in [3.63, 3.8) is 0 Å². The highest BCUT2D eigenvalue weighted by Crippen LogP contribution is 2.35. The summed E-state index contributed by atoms with van der Waals surface area (Å²) in [5, 5.41) is 4.96. The Bertz CT molecular complexity index is 1060. The predicted molar refractivity (Wildman–Crippen MR) is 116 cm³/mol. The van der Waals surface area contributed by atoms with Crippen molar-refractivity contribution >= 4 is 39.2 Å². The first-order valence-electron chi connectivity index (χ1n) is 9.59. The fraction of sp³-hybridized carbons (Fsp3) is 0.381. The molecule has 0 radical (unpaired) electrons. The molecule has 1 aliphatic rings. The van der Waals surface area contributed by atoms with Gasteiger partial charge in [-0.05, 0) is 43.5 Å². The summed E-state index contributed by atoms with van der Waals surface area (Å²) in [5.74, 6) is 2.61. The van der Waals surface area contributed by atoms with Crippen molar-refractivity contribution < 1.29 is 14.3 Å². The number of carbonyl (C=O) groups excluding carboxylic acids is 1. The highest BCUT2D eigenvalue weighted by atomic mass is 32.2. The van der Waals surface area contributed by atoms with Gasteiger partial charge in [-0.15, -0.1) is 11.3 Å². The van der Waals surface area contributed by atoms with E-state index in [0.29, 0.717) is 12.3 Å². The molecule has 0 spiro atoms. The van der Waals surface area contributed by atoms with Gasteiger partial charge in [0.1, 0.15) is 15.7 Å². The van der Waals surface area contributed by atoms with Crippen LogP contribution in [0.1, 0.15) is 35.2 Å². The summed E-state index contributed by atoms with van der Waals surface area (Å²) >= 11 is 3.18. The van der Waals surface area contributed by atoms with Crippen LogP contribution >= 0.6 is 23.1 Å². The lowest BCUT2D eigenvalue weighted by Gasteiger charge is -2.08. The molecule has 0 bridgehead atoms. The largest absolute Gasteiger partial charge is 0.454 e. The van der Waals surface area contributed by atoms with Gasteiger partial charge in [0, 0.05) is 23.2 Å². The van der Waals surface area contributed by atoms with Crippen LogP contribution in [0.15, 0.2) is 23.2 Å². The second-order valence-electron chi connectivity index (χ2n) is 6.91. The molecule has 152 valence electrons. The summed E-state index contributed by atoms with van der Waals surface area (Å²) in [5.41, 5.74) is 2.18. The molecule has 1 aliphatic heterocycles. The van der Waals surface area contributed by atoms with Gasteiger partial charge in [0.25, 0.3) is 0 Å². The molecule has 29 heavy (non-hydrogen) atoms. The van der Waals surface area contributed by atoms with Crippen molar-refractivity contribution in [3.05, 3.63) is 40.0 Å². The Kier molecular flexibility index (Phi) is 5.91. The van der Waals surface area contributed by atoms with Gasteiger partial charge in [-0.3, -0.25) is 4.79 Å². The van der Waals surface area contributed by atoms with Gasteiger partial charge in [0.2, 0.25) is 12.7 Å². The quantitative estimate of drug-likeness (QED) is 0.443. The Morgan fingerprint density at radius 2 is 2.07 bits per heavy atom. The van der Waals surface area contributed by atoms with Crippen molar-refractivity contribution in [2.75, 3.05) is 12.5 Å². The summed E-state index contributed by atoms with van der Waals surface area (Å²) in [7, 11) is 0. The SMILES string of the molecule is CCCc1nc(SCC(=O)NCc2ccc3c(c2)OCO3)c2c(C)c(C)sc2n1. The minimum absolute atomic E-state index is 0.0268. The van der Waals surface area contributed by atoms with E-state index in [1.807, 2.05) is 18.2 Å². The number of carbonyl (C=O) groups is 1. The molecule has 1 N–H and O–H groups in total. The smallest absolute Gasteiger partial charge is 0.231 e. The van der Waals surface area contributed by atoms with Crippen LogP contribution in [0.3, 0.4) is 0 Å². The number of thiophene rings is 1. The predicted octanol–water partition coefficient (Wildman–Crippen LogP) is 4.40.